The molecule has 0 fully saturated rings. The average molecular weight is 292 g/mol. The van der Waals surface area contributed by atoms with Crippen LogP contribution in [0.2, 0.25) is 0 Å². The van der Waals surface area contributed by atoms with E-state index < -0.39 is 0 Å². The fraction of sp³-hybridized carbons (Fsp3) is 0.158. The summed E-state index contributed by atoms with van der Waals surface area (Å²) in [5, 5.41) is 0. The van der Waals surface area contributed by atoms with Crippen LogP contribution in [-0.2, 0) is 0 Å². The summed E-state index contributed by atoms with van der Waals surface area (Å²) >= 11 is 0. The van der Waals surface area contributed by atoms with E-state index in [1.807, 2.05) is 45.0 Å². The van der Waals surface area contributed by atoms with Crippen LogP contribution in [0.15, 0.2) is 49.1 Å². The van der Waals surface area contributed by atoms with Gasteiger partial charge in [-0.2, -0.15) is 0 Å². The molecule has 0 amide bonds. The first-order chi connectivity index (χ1) is 10.6. The van der Waals surface area contributed by atoms with Gasteiger partial charge in [-0.1, -0.05) is 24.3 Å². The fourth-order valence-corrected chi connectivity index (χ4v) is 2.72. The molecule has 3 heteroatoms. The van der Waals surface area contributed by atoms with Gasteiger partial charge in [0.2, 0.25) is 0 Å². The highest BCUT2D eigenvalue weighted by Crippen LogP contribution is 2.33. The standard InChI is InChI=1S/C19H17FN2/c1-12-5-4-6-17(14(12)3)19-13(2)7-15(8-18(19)20)16-9-21-11-22-10-16/h4-11H,1-3H3. The number of halogens is 1. The topological polar surface area (TPSA) is 25.8 Å². The van der Waals surface area contributed by atoms with Crippen molar-refractivity contribution in [2.75, 3.05) is 0 Å². The Morgan fingerprint density at radius 3 is 2.27 bits per heavy atom. The molecule has 22 heavy (non-hydrogen) atoms. The van der Waals surface area contributed by atoms with Gasteiger partial charge in [0.15, 0.2) is 0 Å². The van der Waals surface area contributed by atoms with Gasteiger partial charge in [-0.3, -0.25) is 0 Å². The highest BCUT2D eigenvalue weighted by molar-refractivity contribution is 5.76. The lowest BCUT2D eigenvalue weighted by Crippen LogP contribution is -1.95. The molecule has 1 aromatic heterocycles. The molecule has 0 aliphatic rings. The van der Waals surface area contributed by atoms with E-state index in [1.54, 1.807) is 18.5 Å². The first kappa shape index (κ1) is 14.4. The van der Waals surface area contributed by atoms with Crippen LogP contribution in [0.4, 0.5) is 4.39 Å². The van der Waals surface area contributed by atoms with Crippen molar-refractivity contribution in [3.05, 3.63) is 71.6 Å². The van der Waals surface area contributed by atoms with Crippen molar-refractivity contribution >= 4 is 0 Å². The highest BCUT2D eigenvalue weighted by atomic mass is 19.1. The lowest BCUT2D eigenvalue weighted by Gasteiger charge is -2.14. The fourth-order valence-electron chi connectivity index (χ4n) is 2.72. The maximum absolute atomic E-state index is 14.8. The van der Waals surface area contributed by atoms with Crippen molar-refractivity contribution in [1.29, 1.82) is 0 Å². The number of aromatic nitrogens is 2. The predicted octanol–water partition coefficient (Wildman–Crippen LogP) is 4.87. The van der Waals surface area contributed by atoms with Crippen molar-refractivity contribution in [3.8, 4) is 22.3 Å². The van der Waals surface area contributed by atoms with E-state index in [2.05, 4.69) is 9.97 Å². The largest absolute Gasteiger partial charge is 0.244 e. The minimum absolute atomic E-state index is 0.215. The minimum Gasteiger partial charge on any atom is -0.244 e. The van der Waals surface area contributed by atoms with Crippen molar-refractivity contribution < 1.29 is 4.39 Å². The Balaban J connectivity index is 2.17. The van der Waals surface area contributed by atoms with Crippen LogP contribution in [0.5, 0.6) is 0 Å². The third kappa shape index (κ3) is 2.50. The summed E-state index contributed by atoms with van der Waals surface area (Å²) in [7, 11) is 0. The maximum Gasteiger partial charge on any atom is 0.131 e. The minimum atomic E-state index is -0.215. The van der Waals surface area contributed by atoms with E-state index in [0.29, 0.717) is 5.56 Å². The van der Waals surface area contributed by atoms with Crippen LogP contribution in [0.25, 0.3) is 22.3 Å². The van der Waals surface area contributed by atoms with Crippen LogP contribution >= 0.6 is 0 Å². The number of rotatable bonds is 2. The summed E-state index contributed by atoms with van der Waals surface area (Å²) in [6, 6.07) is 9.53. The van der Waals surface area contributed by atoms with Gasteiger partial charge in [-0.25, -0.2) is 14.4 Å². The molecule has 3 aromatic rings. The van der Waals surface area contributed by atoms with Gasteiger partial charge < -0.3 is 0 Å². The quantitative estimate of drug-likeness (QED) is 0.673. The first-order valence-corrected chi connectivity index (χ1v) is 7.20. The normalized spacial score (nSPS) is 10.7. The van der Waals surface area contributed by atoms with Gasteiger partial charge >= 0.3 is 0 Å². The Labute approximate surface area is 129 Å². The molecule has 0 aliphatic carbocycles. The van der Waals surface area contributed by atoms with Gasteiger partial charge in [-0.05, 0) is 54.7 Å². The predicted molar refractivity (Wildman–Crippen MR) is 87.1 cm³/mol. The van der Waals surface area contributed by atoms with E-state index in [4.69, 9.17) is 0 Å². The second-order valence-electron chi connectivity index (χ2n) is 5.52. The van der Waals surface area contributed by atoms with E-state index in [0.717, 1.165) is 33.4 Å². The molecule has 110 valence electrons. The van der Waals surface area contributed by atoms with E-state index in [9.17, 15) is 4.39 Å². The maximum atomic E-state index is 14.8. The SMILES string of the molecule is Cc1cccc(-c2c(C)cc(-c3cncnc3)cc2F)c1C. The lowest BCUT2D eigenvalue weighted by atomic mass is 9.91. The van der Waals surface area contributed by atoms with Crippen molar-refractivity contribution in [1.82, 2.24) is 9.97 Å². The van der Waals surface area contributed by atoms with Gasteiger partial charge in [0.1, 0.15) is 12.1 Å². The molecule has 0 N–H and O–H groups in total. The summed E-state index contributed by atoms with van der Waals surface area (Å²) in [5.41, 5.74) is 6.42. The Morgan fingerprint density at radius 2 is 1.59 bits per heavy atom. The second-order valence-corrected chi connectivity index (χ2v) is 5.52. The zero-order valence-electron chi connectivity index (χ0n) is 12.9. The third-order valence-corrected chi connectivity index (χ3v) is 4.06. The molecule has 0 saturated heterocycles. The molecule has 0 unspecified atom stereocenters. The number of nitrogens with zero attached hydrogens (tertiary/aromatic N) is 2. The van der Waals surface area contributed by atoms with Crippen LogP contribution < -0.4 is 0 Å². The monoisotopic (exact) mass is 292 g/mol. The second kappa shape index (κ2) is 5.68. The molecule has 0 radical (unpaired) electrons. The lowest BCUT2D eigenvalue weighted by molar-refractivity contribution is 0.630. The van der Waals surface area contributed by atoms with Crippen molar-refractivity contribution in [2.45, 2.75) is 20.8 Å². The average Bonchev–Trinajstić information content (AvgIpc) is 2.51. The van der Waals surface area contributed by atoms with Gasteiger partial charge in [0.25, 0.3) is 0 Å². The molecule has 0 aliphatic heterocycles. The Morgan fingerprint density at radius 1 is 0.864 bits per heavy atom. The molecule has 0 bridgehead atoms. The zero-order chi connectivity index (χ0) is 15.7. The molecule has 1 heterocycles. The Kier molecular flexibility index (Phi) is 3.72. The summed E-state index contributed by atoms with van der Waals surface area (Å²) in [5.74, 6) is -0.215. The molecule has 0 saturated carbocycles. The smallest absolute Gasteiger partial charge is 0.131 e. The third-order valence-electron chi connectivity index (χ3n) is 4.06. The summed E-state index contributed by atoms with van der Waals surface area (Å²) in [4.78, 5) is 7.99. The van der Waals surface area contributed by atoms with Crippen molar-refractivity contribution in [3.63, 3.8) is 0 Å². The summed E-state index contributed by atoms with van der Waals surface area (Å²) < 4.78 is 14.8. The van der Waals surface area contributed by atoms with Gasteiger partial charge in [0.05, 0.1) is 0 Å². The molecule has 2 aromatic carbocycles. The number of benzene rings is 2. The molecule has 3 rings (SSSR count). The van der Waals surface area contributed by atoms with Gasteiger partial charge in [-0.15, -0.1) is 0 Å². The highest BCUT2D eigenvalue weighted by Gasteiger charge is 2.14. The zero-order valence-corrected chi connectivity index (χ0v) is 12.9. The van der Waals surface area contributed by atoms with Crippen molar-refractivity contribution in [2.24, 2.45) is 0 Å². The number of hydrogen-bond donors (Lipinski definition) is 0. The molecular weight excluding hydrogens is 275 g/mol. The summed E-state index contributed by atoms with van der Waals surface area (Å²) in [6.45, 7) is 6.01. The molecule has 0 spiro atoms. The van der Waals surface area contributed by atoms with Crippen LogP contribution in [0, 0.1) is 26.6 Å². The first-order valence-electron chi connectivity index (χ1n) is 7.20. The van der Waals surface area contributed by atoms with E-state index in [1.165, 1.54) is 6.33 Å². The molecule has 2 nitrogen and oxygen atoms in total. The number of hydrogen-bond acceptors (Lipinski definition) is 2. The summed E-state index contributed by atoms with van der Waals surface area (Å²) in [6.07, 6.45) is 4.86. The van der Waals surface area contributed by atoms with Crippen LogP contribution in [-0.4, -0.2) is 9.97 Å². The van der Waals surface area contributed by atoms with Gasteiger partial charge in [0, 0.05) is 23.5 Å². The van der Waals surface area contributed by atoms with Crippen LogP contribution in [0.1, 0.15) is 16.7 Å². The Bertz CT molecular complexity index is 803. The van der Waals surface area contributed by atoms with E-state index in [-0.39, 0.29) is 5.82 Å². The van der Waals surface area contributed by atoms with E-state index >= 15 is 0 Å². The molecule has 0 atom stereocenters. The van der Waals surface area contributed by atoms with Crippen LogP contribution in [0.3, 0.4) is 0 Å². The molecular formula is C19H17FN2. The Hall–Kier alpha value is -2.55. The number of aryl methyl sites for hydroxylation is 2.